The summed E-state index contributed by atoms with van der Waals surface area (Å²) in [7, 11) is 0. The molecule has 3 nitrogen and oxygen atoms in total. The van der Waals surface area contributed by atoms with Gasteiger partial charge < -0.3 is 4.98 Å². The van der Waals surface area contributed by atoms with Crippen molar-refractivity contribution in [3.05, 3.63) is 69.4 Å². The fourth-order valence-electron chi connectivity index (χ4n) is 2.06. The molecule has 0 aliphatic heterocycles. The van der Waals surface area contributed by atoms with Gasteiger partial charge in [0.05, 0.1) is 17.6 Å². The van der Waals surface area contributed by atoms with Gasteiger partial charge >= 0.3 is 5.69 Å². The Bertz CT molecular complexity index is 789. The standard InChI is InChI=1S/C14H10ClFN2O/c15-10-3-1-9(2-4-10)8-18-13-7-11(16)5-6-12(13)17-14(18)19/h1-7H,8H2,(H,17,19). The van der Waals surface area contributed by atoms with E-state index in [-0.39, 0.29) is 11.5 Å². The highest BCUT2D eigenvalue weighted by molar-refractivity contribution is 6.30. The summed E-state index contributed by atoms with van der Waals surface area (Å²) < 4.78 is 14.8. The summed E-state index contributed by atoms with van der Waals surface area (Å²) in [6.07, 6.45) is 0. The fraction of sp³-hybridized carbons (Fsp3) is 0.0714. The quantitative estimate of drug-likeness (QED) is 0.767. The monoisotopic (exact) mass is 276 g/mol. The second-order valence-electron chi connectivity index (χ2n) is 4.30. The minimum atomic E-state index is -0.364. The minimum absolute atomic E-state index is 0.254. The van der Waals surface area contributed by atoms with E-state index >= 15 is 0 Å². The number of H-pyrrole nitrogens is 1. The van der Waals surface area contributed by atoms with E-state index in [1.807, 2.05) is 12.1 Å². The molecule has 5 heteroatoms. The van der Waals surface area contributed by atoms with Crippen LogP contribution in [0.1, 0.15) is 5.56 Å². The SMILES string of the molecule is O=c1[nH]c2ccc(F)cc2n1Cc1ccc(Cl)cc1. The van der Waals surface area contributed by atoms with E-state index < -0.39 is 0 Å². The third kappa shape index (κ3) is 2.27. The molecule has 19 heavy (non-hydrogen) atoms. The Morgan fingerprint density at radius 3 is 2.63 bits per heavy atom. The predicted molar refractivity (Wildman–Crippen MR) is 73.1 cm³/mol. The first-order valence-electron chi connectivity index (χ1n) is 5.76. The van der Waals surface area contributed by atoms with E-state index in [2.05, 4.69) is 4.98 Å². The largest absolute Gasteiger partial charge is 0.326 e. The zero-order chi connectivity index (χ0) is 13.4. The van der Waals surface area contributed by atoms with Gasteiger partial charge in [-0.1, -0.05) is 23.7 Å². The number of nitrogens with zero attached hydrogens (tertiary/aromatic N) is 1. The van der Waals surface area contributed by atoms with E-state index in [0.717, 1.165) is 5.56 Å². The number of aromatic nitrogens is 2. The van der Waals surface area contributed by atoms with Crippen LogP contribution >= 0.6 is 11.6 Å². The lowest BCUT2D eigenvalue weighted by Gasteiger charge is -2.04. The van der Waals surface area contributed by atoms with Crippen LogP contribution in [0.15, 0.2) is 47.3 Å². The van der Waals surface area contributed by atoms with Crippen LogP contribution in [0.5, 0.6) is 0 Å². The van der Waals surface area contributed by atoms with Crippen LogP contribution in [-0.4, -0.2) is 9.55 Å². The average Bonchev–Trinajstić information content (AvgIpc) is 2.69. The first-order chi connectivity index (χ1) is 9.13. The topological polar surface area (TPSA) is 37.8 Å². The summed E-state index contributed by atoms with van der Waals surface area (Å²) in [4.78, 5) is 14.6. The molecule has 2 aromatic carbocycles. The molecule has 0 amide bonds. The average molecular weight is 277 g/mol. The number of halogens is 2. The molecule has 1 N–H and O–H groups in total. The lowest BCUT2D eigenvalue weighted by atomic mass is 10.2. The number of fused-ring (bicyclic) bond motifs is 1. The second-order valence-corrected chi connectivity index (χ2v) is 4.74. The Morgan fingerprint density at radius 2 is 1.89 bits per heavy atom. The summed E-state index contributed by atoms with van der Waals surface area (Å²) in [5.41, 5.74) is 1.85. The Morgan fingerprint density at radius 1 is 1.16 bits per heavy atom. The molecule has 0 fully saturated rings. The van der Waals surface area contributed by atoms with Crippen LogP contribution in [0.3, 0.4) is 0 Å². The van der Waals surface area contributed by atoms with Gasteiger partial charge in [-0.3, -0.25) is 4.57 Å². The van der Waals surface area contributed by atoms with E-state index in [9.17, 15) is 9.18 Å². The smallest absolute Gasteiger partial charge is 0.306 e. The summed E-state index contributed by atoms with van der Waals surface area (Å²) in [5.74, 6) is -0.364. The van der Waals surface area contributed by atoms with Gasteiger partial charge in [0.15, 0.2) is 0 Å². The van der Waals surface area contributed by atoms with Crippen molar-refractivity contribution in [2.24, 2.45) is 0 Å². The van der Waals surface area contributed by atoms with E-state index in [1.165, 1.54) is 16.7 Å². The fourth-order valence-corrected chi connectivity index (χ4v) is 2.18. The third-order valence-electron chi connectivity index (χ3n) is 2.99. The number of rotatable bonds is 2. The number of hydrogen-bond donors (Lipinski definition) is 1. The normalized spacial score (nSPS) is 11.1. The van der Waals surface area contributed by atoms with Crippen molar-refractivity contribution >= 4 is 22.6 Å². The molecular formula is C14H10ClFN2O. The summed E-state index contributed by atoms with van der Waals surface area (Å²) >= 11 is 5.82. The van der Waals surface area contributed by atoms with Crippen LogP contribution in [0.2, 0.25) is 5.02 Å². The molecule has 0 unspecified atom stereocenters. The van der Waals surface area contributed by atoms with Crippen molar-refractivity contribution < 1.29 is 4.39 Å². The number of imidazole rings is 1. The van der Waals surface area contributed by atoms with Gasteiger partial charge in [0.2, 0.25) is 0 Å². The summed E-state index contributed by atoms with van der Waals surface area (Å²) in [5, 5.41) is 0.640. The molecule has 0 bridgehead atoms. The molecule has 0 saturated carbocycles. The Kier molecular flexibility index (Phi) is 2.87. The molecule has 96 valence electrons. The highest BCUT2D eigenvalue weighted by atomic mass is 35.5. The predicted octanol–water partition coefficient (Wildman–Crippen LogP) is 3.17. The third-order valence-corrected chi connectivity index (χ3v) is 3.24. The van der Waals surface area contributed by atoms with E-state index in [0.29, 0.717) is 22.6 Å². The lowest BCUT2D eigenvalue weighted by molar-refractivity contribution is 0.628. The number of hydrogen-bond acceptors (Lipinski definition) is 1. The van der Waals surface area contributed by atoms with Crippen molar-refractivity contribution in [3.63, 3.8) is 0 Å². The van der Waals surface area contributed by atoms with Crippen LogP contribution < -0.4 is 5.69 Å². The summed E-state index contributed by atoms with van der Waals surface area (Å²) in [6.45, 7) is 0.374. The van der Waals surface area contributed by atoms with Crippen molar-refractivity contribution in [2.75, 3.05) is 0 Å². The van der Waals surface area contributed by atoms with Gasteiger partial charge in [-0.05, 0) is 35.9 Å². The molecule has 0 aliphatic rings. The maximum atomic E-state index is 13.3. The zero-order valence-corrected chi connectivity index (χ0v) is 10.6. The summed E-state index contributed by atoms with van der Waals surface area (Å²) in [6, 6.07) is 11.4. The Labute approximate surface area is 113 Å². The Hall–Kier alpha value is -2.07. The maximum absolute atomic E-state index is 13.3. The minimum Gasteiger partial charge on any atom is -0.306 e. The van der Waals surface area contributed by atoms with Crippen molar-refractivity contribution in [3.8, 4) is 0 Å². The molecule has 0 aliphatic carbocycles. The van der Waals surface area contributed by atoms with E-state index in [1.54, 1.807) is 18.2 Å². The molecule has 0 spiro atoms. The lowest BCUT2D eigenvalue weighted by Crippen LogP contribution is -2.17. The van der Waals surface area contributed by atoms with Crippen molar-refractivity contribution in [1.29, 1.82) is 0 Å². The van der Waals surface area contributed by atoms with Crippen LogP contribution in [0.25, 0.3) is 11.0 Å². The first kappa shape index (κ1) is 12.0. The van der Waals surface area contributed by atoms with Gasteiger partial charge in [-0.25, -0.2) is 9.18 Å². The van der Waals surface area contributed by atoms with Crippen LogP contribution in [0, 0.1) is 5.82 Å². The molecule has 1 heterocycles. The molecule has 0 radical (unpaired) electrons. The van der Waals surface area contributed by atoms with Crippen LogP contribution in [0.4, 0.5) is 4.39 Å². The number of benzene rings is 2. The van der Waals surface area contributed by atoms with Gasteiger partial charge in [0, 0.05) is 5.02 Å². The van der Waals surface area contributed by atoms with Gasteiger partial charge in [-0.15, -0.1) is 0 Å². The van der Waals surface area contributed by atoms with Crippen molar-refractivity contribution in [1.82, 2.24) is 9.55 Å². The number of aromatic amines is 1. The molecule has 3 aromatic rings. The van der Waals surface area contributed by atoms with Gasteiger partial charge in [0.1, 0.15) is 5.82 Å². The molecule has 0 saturated heterocycles. The molecule has 0 atom stereocenters. The maximum Gasteiger partial charge on any atom is 0.326 e. The van der Waals surface area contributed by atoms with Crippen LogP contribution in [-0.2, 0) is 6.54 Å². The number of nitrogens with one attached hydrogen (secondary N) is 1. The van der Waals surface area contributed by atoms with Gasteiger partial charge in [0.25, 0.3) is 0 Å². The van der Waals surface area contributed by atoms with E-state index in [4.69, 9.17) is 11.6 Å². The van der Waals surface area contributed by atoms with Gasteiger partial charge in [-0.2, -0.15) is 0 Å². The molecule has 3 rings (SSSR count). The highest BCUT2D eigenvalue weighted by Crippen LogP contribution is 2.15. The van der Waals surface area contributed by atoms with Crippen molar-refractivity contribution in [2.45, 2.75) is 6.54 Å². The molecule has 1 aromatic heterocycles. The highest BCUT2D eigenvalue weighted by Gasteiger charge is 2.08. The first-order valence-corrected chi connectivity index (χ1v) is 6.14. The molecular weight excluding hydrogens is 267 g/mol. The Balaban J connectivity index is 2.09. The zero-order valence-electron chi connectivity index (χ0n) is 9.86. The second kappa shape index (κ2) is 4.55.